The number of rotatable bonds is 8. The summed E-state index contributed by atoms with van der Waals surface area (Å²) in [4.78, 5) is 26.3. The highest BCUT2D eigenvalue weighted by molar-refractivity contribution is 6.76. The third-order valence-corrected chi connectivity index (χ3v) is 8.79. The van der Waals surface area contributed by atoms with E-state index in [0.717, 1.165) is 53.1 Å². The normalized spacial score (nSPS) is 16.5. The van der Waals surface area contributed by atoms with Crippen LogP contribution in [0.25, 0.3) is 21.9 Å². The van der Waals surface area contributed by atoms with Crippen LogP contribution in [0.3, 0.4) is 0 Å². The minimum absolute atomic E-state index is 0.0383. The Kier molecular flexibility index (Phi) is 8.52. The largest absolute Gasteiger partial charge is 0.444 e. The summed E-state index contributed by atoms with van der Waals surface area (Å²) in [7, 11) is -1.21. The number of nitrogens with zero attached hydrogens (tertiary/aromatic N) is 6. The van der Waals surface area contributed by atoms with E-state index in [1.54, 1.807) is 6.20 Å². The number of hydrogen-bond acceptors (Lipinski definition) is 7. The van der Waals surface area contributed by atoms with Gasteiger partial charge in [0, 0.05) is 45.9 Å². The van der Waals surface area contributed by atoms with Crippen molar-refractivity contribution in [2.45, 2.75) is 84.6 Å². The highest BCUT2D eigenvalue weighted by Crippen LogP contribution is 2.36. The van der Waals surface area contributed by atoms with Crippen LogP contribution in [0.15, 0.2) is 24.5 Å². The van der Waals surface area contributed by atoms with Gasteiger partial charge in [0.05, 0.1) is 28.8 Å². The molecule has 0 aliphatic carbocycles. The van der Waals surface area contributed by atoms with Crippen LogP contribution >= 0.6 is 0 Å². The summed E-state index contributed by atoms with van der Waals surface area (Å²) in [5.74, 6) is 0. The fourth-order valence-corrected chi connectivity index (χ4v) is 5.91. The van der Waals surface area contributed by atoms with Crippen LogP contribution in [0.1, 0.15) is 46.2 Å². The Balaban J connectivity index is 1.70. The van der Waals surface area contributed by atoms with Gasteiger partial charge >= 0.3 is 6.09 Å². The molecule has 1 aliphatic heterocycles. The molecule has 1 saturated heterocycles. The lowest BCUT2D eigenvalue weighted by Crippen LogP contribution is -2.51. The summed E-state index contributed by atoms with van der Waals surface area (Å²) in [5.41, 5.74) is 2.59. The van der Waals surface area contributed by atoms with Gasteiger partial charge < -0.3 is 19.3 Å². The molecule has 1 atom stereocenters. The first-order valence-corrected chi connectivity index (χ1v) is 17.6. The van der Waals surface area contributed by atoms with Crippen molar-refractivity contribution in [3.05, 3.63) is 30.2 Å². The Morgan fingerprint density at radius 2 is 2.05 bits per heavy atom. The average Bonchev–Trinajstić information content (AvgIpc) is 3.18. The standard InChI is InChI=1S/C29H42N6O3Si/c1-8-34(28(36)38-29(2,3)4)22-10-9-13-33(19-22)24-11-12-31-27-26(24)23-16-21(17-30)32-18-25(23)35(27)20-37-14-15-39(5,6)7/h11-12,16,18,22H,8-10,13-15,19-20H2,1-7H3. The zero-order chi connectivity index (χ0) is 28.4. The number of carbonyl (C=O) groups excluding carboxylic acids is 1. The molecule has 0 radical (unpaired) electrons. The van der Waals surface area contributed by atoms with Crippen LogP contribution in [0, 0.1) is 11.3 Å². The number of aromatic nitrogens is 3. The van der Waals surface area contributed by atoms with Gasteiger partial charge in [0.1, 0.15) is 29.7 Å². The van der Waals surface area contributed by atoms with Crippen molar-refractivity contribution in [1.29, 1.82) is 5.26 Å². The molecule has 4 heterocycles. The third-order valence-electron chi connectivity index (χ3n) is 7.09. The first-order valence-electron chi connectivity index (χ1n) is 13.9. The van der Waals surface area contributed by atoms with Crippen LogP contribution < -0.4 is 4.90 Å². The topological polar surface area (TPSA) is 96.5 Å². The highest BCUT2D eigenvalue weighted by Gasteiger charge is 2.32. The zero-order valence-corrected chi connectivity index (χ0v) is 25.5. The minimum Gasteiger partial charge on any atom is -0.444 e. The average molecular weight is 551 g/mol. The van der Waals surface area contributed by atoms with Gasteiger partial charge in [-0.25, -0.2) is 14.8 Å². The van der Waals surface area contributed by atoms with Crippen LogP contribution in [-0.2, 0) is 16.2 Å². The maximum Gasteiger partial charge on any atom is 0.410 e. The van der Waals surface area contributed by atoms with E-state index in [-0.39, 0.29) is 12.1 Å². The van der Waals surface area contributed by atoms with Gasteiger partial charge in [0.2, 0.25) is 0 Å². The van der Waals surface area contributed by atoms with Gasteiger partial charge in [0.15, 0.2) is 0 Å². The Morgan fingerprint density at radius 3 is 2.72 bits per heavy atom. The molecule has 3 aromatic heterocycles. The van der Waals surface area contributed by atoms with Crippen molar-refractivity contribution in [2.75, 3.05) is 31.1 Å². The molecule has 0 N–H and O–H groups in total. The molecule has 1 aliphatic rings. The summed E-state index contributed by atoms with van der Waals surface area (Å²) in [6.07, 6.45) is 5.20. The molecule has 1 fully saturated rings. The summed E-state index contributed by atoms with van der Waals surface area (Å²) in [6, 6.07) is 7.19. The molecule has 10 heteroatoms. The minimum atomic E-state index is -1.21. The SMILES string of the molecule is CCN(C(=O)OC(C)(C)C)C1CCCN(c2ccnc3c2c2cc(C#N)ncc2n3COCC[Si](C)(C)C)C1. The summed E-state index contributed by atoms with van der Waals surface area (Å²) in [5, 5.41) is 11.5. The highest BCUT2D eigenvalue weighted by atomic mass is 28.3. The Labute approximate surface area is 232 Å². The van der Waals surface area contributed by atoms with Crippen molar-refractivity contribution >= 4 is 41.8 Å². The Hall–Kier alpha value is -3.16. The Bertz CT molecular complexity index is 1370. The number of anilines is 1. The Morgan fingerprint density at radius 1 is 1.28 bits per heavy atom. The molecule has 3 aromatic rings. The summed E-state index contributed by atoms with van der Waals surface area (Å²) < 4.78 is 13.9. The van der Waals surface area contributed by atoms with E-state index in [4.69, 9.17) is 14.5 Å². The number of amides is 1. The molecule has 0 saturated carbocycles. The van der Waals surface area contributed by atoms with Crippen molar-refractivity contribution in [1.82, 2.24) is 19.4 Å². The van der Waals surface area contributed by atoms with Crippen LogP contribution in [0.2, 0.25) is 25.7 Å². The van der Waals surface area contributed by atoms with Crippen molar-refractivity contribution < 1.29 is 14.3 Å². The quantitative estimate of drug-likeness (QED) is 0.251. The van der Waals surface area contributed by atoms with E-state index < -0.39 is 13.7 Å². The van der Waals surface area contributed by atoms with Crippen LogP contribution in [0.4, 0.5) is 10.5 Å². The van der Waals surface area contributed by atoms with Crippen molar-refractivity contribution in [3.8, 4) is 6.07 Å². The lowest BCUT2D eigenvalue weighted by Gasteiger charge is -2.40. The number of nitriles is 1. The van der Waals surface area contributed by atoms with Crippen LogP contribution in [-0.4, -0.2) is 71.5 Å². The fourth-order valence-electron chi connectivity index (χ4n) is 5.16. The molecule has 0 spiro atoms. The maximum atomic E-state index is 13.0. The van der Waals surface area contributed by atoms with E-state index in [0.29, 0.717) is 32.1 Å². The molecule has 1 amide bonds. The molecule has 210 valence electrons. The first-order chi connectivity index (χ1) is 18.4. The summed E-state index contributed by atoms with van der Waals surface area (Å²) in [6.45, 7) is 17.9. The van der Waals surface area contributed by atoms with E-state index in [1.807, 2.05) is 50.9 Å². The number of piperidine rings is 1. The third kappa shape index (κ3) is 6.71. The van der Waals surface area contributed by atoms with Crippen LogP contribution in [0.5, 0.6) is 0 Å². The molecular weight excluding hydrogens is 508 g/mol. The first kappa shape index (κ1) is 28.8. The maximum absolute atomic E-state index is 13.0. The monoisotopic (exact) mass is 550 g/mol. The lowest BCUT2D eigenvalue weighted by molar-refractivity contribution is 0.0159. The molecule has 4 rings (SSSR count). The number of hydrogen-bond donors (Lipinski definition) is 0. The molecule has 1 unspecified atom stereocenters. The number of pyridine rings is 2. The summed E-state index contributed by atoms with van der Waals surface area (Å²) >= 11 is 0. The van der Waals surface area contributed by atoms with E-state index in [2.05, 4.69) is 40.2 Å². The number of carbonyl (C=O) groups is 1. The van der Waals surface area contributed by atoms with E-state index in [9.17, 15) is 10.1 Å². The van der Waals surface area contributed by atoms with E-state index in [1.165, 1.54) is 0 Å². The predicted molar refractivity (Wildman–Crippen MR) is 158 cm³/mol. The second kappa shape index (κ2) is 11.5. The molecular formula is C29H42N6O3Si. The zero-order valence-electron chi connectivity index (χ0n) is 24.5. The second-order valence-electron chi connectivity index (χ2n) is 12.5. The van der Waals surface area contributed by atoms with Gasteiger partial charge in [-0.1, -0.05) is 19.6 Å². The van der Waals surface area contributed by atoms with Gasteiger partial charge in [0.25, 0.3) is 0 Å². The molecule has 39 heavy (non-hydrogen) atoms. The molecule has 9 nitrogen and oxygen atoms in total. The van der Waals surface area contributed by atoms with Gasteiger partial charge in [-0.2, -0.15) is 5.26 Å². The number of ether oxygens (including phenoxy) is 2. The van der Waals surface area contributed by atoms with E-state index >= 15 is 0 Å². The smallest absolute Gasteiger partial charge is 0.410 e. The fraction of sp³-hybridized carbons (Fsp3) is 0.586. The molecule has 0 bridgehead atoms. The number of fused-ring (bicyclic) bond motifs is 3. The van der Waals surface area contributed by atoms with Gasteiger partial charge in [-0.05, 0) is 58.7 Å². The van der Waals surface area contributed by atoms with Gasteiger partial charge in [-0.3, -0.25) is 4.57 Å². The second-order valence-corrected chi connectivity index (χ2v) is 18.1. The number of likely N-dealkylation sites (N-methyl/N-ethyl adjacent to an activating group) is 1. The lowest BCUT2D eigenvalue weighted by atomic mass is 10.0. The molecule has 0 aromatic carbocycles. The predicted octanol–water partition coefficient (Wildman–Crippen LogP) is 5.99. The van der Waals surface area contributed by atoms with Crippen molar-refractivity contribution in [2.24, 2.45) is 0 Å². The van der Waals surface area contributed by atoms with Crippen molar-refractivity contribution in [3.63, 3.8) is 0 Å². The van der Waals surface area contributed by atoms with Gasteiger partial charge in [-0.15, -0.1) is 0 Å².